The summed E-state index contributed by atoms with van der Waals surface area (Å²) in [6.07, 6.45) is 0.125. The van der Waals surface area contributed by atoms with Gasteiger partial charge in [-0.25, -0.2) is 0 Å². The van der Waals surface area contributed by atoms with E-state index >= 15 is 0 Å². The Hall–Kier alpha value is -1.71. The van der Waals surface area contributed by atoms with E-state index in [0.717, 1.165) is 28.1 Å². The molecule has 0 bridgehead atoms. The molecular weight excluding hydrogens is 242 g/mol. The number of rotatable bonds is 5. The molecule has 0 aliphatic carbocycles. The highest BCUT2D eigenvalue weighted by atomic mass is 16.5. The van der Waals surface area contributed by atoms with Crippen LogP contribution in [-0.2, 0) is 4.79 Å². The second-order valence-corrected chi connectivity index (χ2v) is 5.05. The van der Waals surface area contributed by atoms with E-state index in [9.17, 15) is 4.79 Å². The third kappa shape index (κ3) is 3.19. The molecular formula is C15H23NO3. The summed E-state index contributed by atoms with van der Waals surface area (Å²) in [5, 5.41) is 8.89. The molecule has 0 fully saturated rings. The maximum atomic E-state index is 10.8. The average Bonchev–Trinajstić information content (AvgIpc) is 2.32. The number of hydrogen-bond donors (Lipinski definition) is 1. The molecule has 1 atom stereocenters. The van der Waals surface area contributed by atoms with Crippen LogP contribution in [0.3, 0.4) is 0 Å². The topological polar surface area (TPSA) is 49.8 Å². The van der Waals surface area contributed by atoms with Crippen LogP contribution in [0.1, 0.15) is 30.0 Å². The zero-order valence-electron chi connectivity index (χ0n) is 12.6. The zero-order chi connectivity index (χ0) is 14.7. The van der Waals surface area contributed by atoms with Gasteiger partial charge in [0.25, 0.3) is 0 Å². The van der Waals surface area contributed by atoms with Gasteiger partial charge in [0, 0.05) is 18.8 Å². The summed E-state index contributed by atoms with van der Waals surface area (Å²) in [6, 6.07) is 2.00. The number of carboxylic acids is 1. The van der Waals surface area contributed by atoms with Crippen molar-refractivity contribution in [2.45, 2.75) is 40.2 Å². The van der Waals surface area contributed by atoms with Crippen molar-refractivity contribution in [1.82, 2.24) is 0 Å². The number of ether oxygens (including phenoxy) is 1. The number of methoxy groups -OCH3 is 1. The van der Waals surface area contributed by atoms with Gasteiger partial charge < -0.3 is 14.7 Å². The molecule has 0 aromatic heterocycles. The molecule has 1 aromatic carbocycles. The average molecular weight is 265 g/mol. The van der Waals surface area contributed by atoms with Crippen molar-refractivity contribution in [1.29, 1.82) is 0 Å². The fourth-order valence-corrected chi connectivity index (χ4v) is 2.34. The monoisotopic (exact) mass is 265 g/mol. The Morgan fingerprint density at radius 3 is 2.42 bits per heavy atom. The molecule has 19 heavy (non-hydrogen) atoms. The van der Waals surface area contributed by atoms with E-state index in [4.69, 9.17) is 9.84 Å². The molecule has 0 saturated heterocycles. The molecule has 1 N–H and O–H groups in total. The molecule has 0 aliphatic rings. The Kier molecular flexibility index (Phi) is 4.81. The van der Waals surface area contributed by atoms with Crippen molar-refractivity contribution in [2.75, 3.05) is 19.1 Å². The molecule has 0 radical (unpaired) electrons. The largest absolute Gasteiger partial charge is 0.496 e. The van der Waals surface area contributed by atoms with Crippen LogP contribution in [0.5, 0.6) is 5.75 Å². The number of benzene rings is 1. The van der Waals surface area contributed by atoms with Crippen LogP contribution < -0.4 is 9.64 Å². The number of carbonyl (C=O) groups is 1. The molecule has 0 amide bonds. The molecule has 4 nitrogen and oxygen atoms in total. The molecule has 0 spiro atoms. The predicted molar refractivity (Wildman–Crippen MR) is 77.3 cm³/mol. The number of hydrogen-bond acceptors (Lipinski definition) is 3. The second-order valence-electron chi connectivity index (χ2n) is 5.05. The standard InChI is InChI=1S/C15H23NO3/c1-9-7-13(11(3)12(4)15(9)19-6)16(5)10(2)8-14(17)18/h7,10H,8H2,1-6H3,(H,17,18). The normalized spacial score (nSPS) is 12.1. The van der Waals surface area contributed by atoms with E-state index in [-0.39, 0.29) is 12.5 Å². The summed E-state index contributed by atoms with van der Waals surface area (Å²) in [7, 11) is 3.60. The molecule has 0 heterocycles. The zero-order valence-corrected chi connectivity index (χ0v) is 12.6. The number of carboxylic acid groups (broad SMARTS) is 1. The third-order valence-electron chi connectivity index (χ3n) is 3.71. The van der Waals surface area contributed by atoms with E-state index in [1.54, 1.807) is 7.11 Å². The van der Waals surface area contributed by atoms with E-state index in [0.29, 0.717) is 0 Å². The smallest absolute Gasteiger partial charge is 0.305 e. The van der Waals surface area contributed by atoms with Crippen molar-refractivity contribution >= 4 is 11.7 Å². The molecule has 106 valence electrons. The fourth-order valence-electron chi connectivity index (χ4n) is 2.34. The van der Waals surface area contributed by atoms with E-state index in [1.165, 1.54) is 0 Å². The lowest BCUT2D eigenvalue weighted by atomic mass is 10.0. The highest BCUT2D eigenvalue weighted by molar-refractivity contribution is 5.69. The van der Waals surface area contributed by atoms with Crippen LogP contribution >= 0.6 is 0 Å². The Bertz CT molecular complexity index is 483. The Labute approximate surface area is 115 Å². The van der Waals surface area contributed by atoms with Gasteiger partial charge in [0.1, 0.15) is 5.75 Å². The van der Waals surface area contributed by atoms with E-state index < -0.39 is 5.97 Å². The molecule has 1 rings (SSSR count). The van der Waals surface area contributed by atoms with Crippen LogP contribution in [0.15, 0.2) is 6.07 Å². The minimum atomic E-state index is -0.779. The summed E-state index contributed by atoms with van der Waals surface area (Å²) in [4.78, 5) is 12.8. The highest BCUT2D eigenvalue weighted by Crippen LogP contribution is 2.33. The van der Waals surface area contributed by atoms with Crippen LogP contribution in [0.25, 0.3) is 0 Å². The van der Waals surface area contributed by atoms with Gasteiger partial charge in [-0.1, -0.05) is 0 Å². The quantitative estimate of drug-likeness (QED) is 0.889. The van der Waals surface area contributed by atoms with E-state index in [2.05, 4.69) is 6.07 Å². The van der Waals surface area contributed by atoms with Gasteiger partial charge >= 0.3 is 5.97 Å². The second kappa shape index (κ2) is 5.95. The van der Waals surface area contributed by atoms with Crippen molar-refractivity contribution in [3.63, 3.8) is 0 Å². The maximum absolute atomic E-state index is 10.8. The maximum Gasteiger partial charge on any atom is 0.305 e. The van der Waals surface area contributed by atoms with Gasteiger partial charge in [-0.3, -0.25) is 4.79 Å². The van der Waals surface area contributed by atoms with Crippen molar-refractivity contribution in [2.24, 2.45) is 0 Å². The number of nitrogens with zero attached hydrogens (tertiary/aromatic N) is 1. The number of anilines is 1. The first kappa shape index (κ1) is 15.3. The summed E-state index contributed by atoms with van der Waals surface area (Å²) in [5.74, 6) is 0.125. The Morgan fingerprint density at radius 1 is 1.37 bits per heavy atom. The van der Waals surface area contributed by atoms with Gasteiger partial charge in [0.15, 0.2) is 0 Å². The van der Waals surface area contributed by atoms with Crippen LogP contribution in [0, 0.1) is 20.8 Å². The fraction of sp³-hybridized carbons (Fsp3) is 0.533. The van der Waals surface area contributed by atoms with Crippen molar-refractivity contribution in [3.8, 4) is 5.75 Å². The lowest BCUT2D eigenvalue weighted by molar-refractivity contribution is -0.137. The van der Waals surface area contributed by atoms with Gasteiger partial charge in [-0.05, 0) is 50.5 Å². The van der Waals surface area contributed by atoms with Gasteiger partial charge in [-0.15, -0.1) is 0 Å². The first-order chi connectivity index (χ1) is 8.79. The lowest BCUT2D eigenvalue weighted by Crippen LogP contribution is -2.31. The van der Waals surface area contributed by atoms with Crippen LogP contribution in [0.2, 0.25) is 0 Å². The lowest BCUT2D eigenvalue weighted by Gasteiger charge is -2.29. The first-order valence-electron chi connectivity index (χ1n) is 6.39. The third-order valence-corrected chi connectivity index (χ3v) is 3.71. The Morgan fingerprint density at radius 2 is 1.95 bits per heavy atom. The van der Waals surface area contributed by atoms with E-state index in [1.807, 2.05) is 39.6 Å². The minimum absolute atomic E-state index is 0.0524. The van der Waals surface area contributed by atoms with Crippen LogP contribution in [0.4, 0.5) is 5.69 Å². The predicted octanol–water partition coefficient (Wildman–Crippen LogP) is 2.92. The van der Waals surface area contributed by atoms with Gasteiger partial charge in [-0.2, -0.15) is 0 Å². The number of aliphatic carboxylic acids is 1. The van der Waals surface area contributed by atoms with Crippen molar-refractivity contribution < 1.29 is 14.6 Å². The van der Waals surface area contributed by atoms with Gasteiger partial charge in [0.05, 0.1) is 13.5 Å². The highest BCUT2D eigenvalue weighted by Gasteiger charge is 2.18. The first-order valence-corrected chi connectivity index (χ1v) is 6.39. The molecule has 0 saturated carbocycles. The van der Waals surface area contributed by atoms with Gasteiger partial charge in [0.2, 0.25) is 0 Å². The van der Waals surface area contributed by atoms with Crippen molar-refractivity contribution in [3.05, 3.63) is 22.8 Å². The molecule has 0 aliphatic heterocycles. The molecule has 1 aromatic rings. The SMILES string of the molecule is COc1c(C)cc(N(C)C(C)CC(=O)O)c(C)c1C. The van der Waals surface area contributed by atoms with Crippen LogP contribution in [-0.4, -0.2) is 31.3 Å². The number of aryl methyl sites for hydroxylation is 1. The minimum Gasteiger partial charge on any atom is -0.496 e. The summed E-state index contributed by atoms with van der Waals surface area (Å²) in [5.41, 5.74) is 4.36. The Balaban J connectivity index is 3.17. The molecule has 4 heteroatoms. The molecule has 1 unspecified atom stereocenters. The summed E-state index contributed by atoms with van der Waals surface area (Å²) >= 11 is 0. The summed E-state index contributed by atoms with van der Waals surface area (Å²) in [6.45, 7) is 7.99. The summed E-state index contributed by atoms with van der Waals surface area (Å²) < 4.78 is 5.40.